The minimum Gasteiger partial charge on any atom is -0.345 e. The van der Waals surface area contributed by atoms with Crippen molar-refractivity contribution >= 4 is 5.91 Å². The molecule has 1 saturated heterocycles. The molecule has 1 unspecified atom stereocenters. The number of nitriles is 1. The summed E-state index contributed by atoms with van der Waals surface area (Å²) in [6.07, 6.45) is 1.74. The third-order valence-corrected chi connectivity index (χ3v) is 2.68. The molecule has 0 aromatic carbocycles. The fraction of sp³-hybridized carbons (Fsp3) is 0.800. The molecular formula is C10H17N3O. The van der Waals surface area contributed by atoms with Crippen molar-refractivity contribution in [3.8, 4) is 6.07 Å². The molecule has 0 bridgehead atoms. The highest BCUT2D eigenvalue weighted by atomic mass is 16.2. The van der Waals surface area contributed by atoms with E-state index in [-0.39, 0.29) is 11.9 Å². The van der Waals surface area contributed by atoms with E-state index in [1.165, 1.54) is 0 Å². The first-order chi connectivity index (χ1) is 6.69. The summed E-state index contributed by atoms with van der Waals surface area (Å²) < 4.78 is 0. The van der Waals surface area contributed by atoms with Crippen LogP contribution in [-0.2, 0) is 4.79 Å². The van der Waals surface area contributed by atoms with Crippen LogP contribution in [0, 0.1) is 11.3 Å². The molecule has 1 aliphatic heterocycles. The van der Waals surface area contributed by atoms with Crippen LogP contribution in [0.15, 0.2) is 0 Å². The second kappa shape index (κ2) is 4.97. The maximum atomic E-state index is 11.5. The zero-order chi connectivity index (χ0) is 10.6. The van der Waals surface area contributed by atoms with Gasteiger partial charge in [-0.2, -0.15) is 5.26 Å². The van der Waals surface area contributed by atoms with E-state index in [2.05, 4.69) is 6.07 Å². The molecule has 1 fully saturated rings. The van der Waals surface area contributed by atoms with Gasteiger partial charge in [0.1, 0.15) is 0 Å². The Bertz CT molecular complexity index is 246. The second-order valence-corrected chi connectivity index (χ2v) is 3.69. The quantitative estimate of drug-likeness (QED) is 0.643. The van der Waals surface area contributed by atoms with Gasteiger partial charge in [0.25, 0.3) is 0 Å². The fourth-order valence-electron chi connectivity index (χ4n) is 1.71. The minimum absolute atomic E-state index is 0.106. The van der Waals surface area contributed by atoms with E-state index in [0.29, 0.717) is 6.54 Å². The SMILES string of the molecule is CCC(C#N)N1CCCN(C)C(=O)C1. The fourth-order valence-corrected chi connectivity index (χ4v) is 1.71. The highest BCUT2D eigenvalue weighted by Gasteiger charge is 2.23. The van der Waals surface area contributed by atoms with Crippen LogP contribution >= 0.6 is 0 Å². The first-order valence-corrected chi connectivity index (χ1v) is 5.06. The van der Waals surface area contributed by atoms with Crippen molar-refractivity contribution in [1.82, 2.24) is 9.80 Å². The van der Waals surface area contributed by atoms with Crippen LogP contribution in [0.25, 0.3) is 0 Å². The normalized spacial score (nSPS) is 21.5. The van der Waals surface area contributed by atoms with Gasteiger partial charge in [-0.05, 0) is 12.8 Å². The summed E-state index contributed by atoms with van der Waals surface area (Å²) in [5.74, 6) is 0.121. The molecule has 0 radical (unpaired) electrons. The van der Waals surface area contributed by atoms with Crippen LogP contribution in [0.4, 0.5) is 0 Å². The molecule has 14 heavy (non-hydrogen) atoms. The third kappa shape index (κ3) is 2.46. The average molecular weight is 195 g/mol. The highest BCUT2D eigenvalue weighted by molar-refractivity contribution is 5.78. The van der Waals surface area contributed by atoms with Crippen LogP contribution in [0.3, 0.4) is 0 Å². The summed E-state index contributed by atoms with van der Waals surface area (Å²) in [6.45, 7) is 4.02. The zero-order valence-corrected chi connectivity index (χ0v) is 8.86. The van der Waals surface area contributed by atoms with Gasteiger partial charge in [0.2, 0.25) is 5.91 Å². The Morgan fingerprint density at radius 2 is 2.29 bits per heavy atom. The molecule has 4 nitrogen and oxygen atoms in total. The van der Waals surface area contributed by atoms with Crippen molar-refractivity contribution in [2.45, 2.75) is 25.8 Å². The van der Waals surface area contributed by atoms with Gasteiger partial charge in [-0.1, -0.05) is 6.92 Å². The minimum atomic E-state index is -0.106. The largest absolute Gasteiger partial charge is 0.345 e. The lowest BCUT2D eigenvalue weighted by atomic mass is 10.2. The van der Waals surface area contributed by atoms with E-state index < -0.39 is 0 Å². The molecule has 1 atom stereocenters. The summed E-state index contributed by atoms with van der Waals surface area (Å²) in [5, 5.41) is 8.91. The molecule has 4 heteroatoms. The van der Waals surface area contributed by atoms with Crippen molar-refractivity contribution < 1.29 is 4.79 Å². The Labute approximate surface area is 85.1 Å². The third-order valence-electron chi connectivity index (χ3n) is 2.68. The number of hydrogen-bond donors (Lipinski definition) is 0. The number of amides is 1. The predicted octanol–water partition coefficient (Wildman–Crippen LogP) is 0.453. The monoisotopic (exact) mass is 195 g/mol. The van der Waals surface area contributed by atoms with Crippen molar-refractivity contribution in [2.24, 2.45) is 0 Å². The van der Waals surface area contributed by atoms with E-state index in [9.17, 15) is 4.79 Å². The van der Waals surface area contributed by atoms with E-state index in [1.807, 2.05) is 18.9 Å². The lowest BCUT2D eigenvalue weighted by molar-refractivity contribution is -0.130. The Hall–Kier alpha value is -1.08. The molecule has 1 rings (SSSR count). The molecule has 0 spiro atoms. The van der Waals surface area contributed by atoms with Crippen molar-refractivity contribution in [3.05, 3.63) is 0 Å². The van der Waals surface area contributed by atoms with E-state index in [4.69, 9.17) is 5.26 Å². The Morgan fingerprint density at radius 3 is 2.86 bits per heavy atom. The Kier molecular flexibility index (Phi) is 3.90. The van der Waals surface area contributed by atoms with Gasteiger partial charge < -0.3 is 4.90 Å². The molecule has 1 amide bonds. The zero-order valence-electron chi connectivity index (χ0n) is 8.86. The van der Waals surface area contributed by atoms with E-state index in [1.54, 1.807) is 4.90 Å². The number of nitrogens with zero attached hydrogens (tertiary/aromatic N) is 3. The molecule has 0 aromatic rings. The Morgan fingerprint density at radius 1 is 1.57 bits per heavy atom. The standard InChI is InChI=1S/C10H17N3O/c1-3-9(7-11)13-6-4-5-12(2)10(14)8-13/h9H,3-6,8H2,1-2H3. The molecule has 78 valence electrons. The molecule has 0 aliphatic carbocycles. The number of likely N-dealkylation sites (N-methyl/N-ethyl adjacent to an activating group) is 1. The van der Waals surface area contributed by atoms with Crippen LogP contribution in [0.1, 0.15) is 19.8 Å². The van der Waals surface area contributed by atoms with Gasteiger partial charge in [-0.3, -0.25) is 9.69 Å². The molecular weight excluding hydrogens is 178 g/mol. The average Bonchev–Trinajstić information content (AvgIpc) is 2.32. The summed E-state index contributed by atoms with van der Waals surface area (Å²) in [5.41, 5.74) is 0. The summed E-state index contributed by atoms with van der Waals surface area (Å²) in [4.78, 5) is 15.3. The predicted molar refractivity (Wildman–Crippen MR) is 53.5 cm³/mol. The van der Waals surface area contributed by atoms with Crippen LogP contribution < -0.4 is 0 Å². The Balaban J connectivity index is 2.63. The van der Waals surface area contributed by atoms with E-state index >= 15 is 0 Å². The molecule has 1 heterocycles. The molecule has 1 aliphatic rings. The van der Waals surface area contributed by atoms with Gasteiger partial charge >= 0.3 is 0 Å². The van der Waals surface area contributed by atoms with Crippen LogP contribution in [-0.4, -0.2) is 48.4 Å². The maximum Gasteiger partial charge on any atom is 0.236 e. The number of rotatable bonds is 2. The highest BCUT2D eigenvalue weighted by Crippen LogP contribution is 2.08. The lowest BCUT2D eigenvalue weighted by Crippen LogP contribution is -2.39. The molecule has 0 aromatic heterocycles. The van der Waals surface area contributed by atoms with Gasteiger partial charge in [0.05, 0.1) is 18.7 Å². The first kappa shape index (κ1) is 11.0. The van der Waals surface area contributed by atoms with Crippen LogP contribution in [0.5, 0.6) is 0 Å². The summed E-state index contributed by atoms with van der Waals surface area (Å²) in [6, 6.07) is 2.13. The second-order valence-electron chi connectivity index (χ2n) is 3.69. The molecule has 0 N–H and O–H groups in total. The summed E-state index contributed by atoms with van der Waals surface area (Å²) in [7, 11) is 1.82. The number of carbonyl (C=O) groups excluding carboxylic acids is 1. The van der Waals surface area contributed by atoms with E-state index in [0.717, 1.165) is 25.9 Å². The van der Waals surface area contributed by atoms with Gasteiger partial charge in [0.15, 0.2) is 0 Å². The van der Waals surface area contributed by atoms with Crippen molar-refractivity contribution in [1.29, 1.82) is 5.26 Å². The maximum absolute atomic E-state index is 11.5. The van der Waals surface area contributed by atoms with Crippen LogP contribution in [0.2, 0.25) is 0 Å². The number of hydrogen-bond acceptors (Lipinski definition) is 3. The smallest absolute Gasteiger partial charge is 0.236 e. The van der Waals surface area contributed by atoms with Gasteiger partial charge in [0, 0.05) is 20.1 Å². The molecule has 0 saturated carbocycles. The first-order valence-electron chi connectivity index (χ1n) is 5.06. The van der Waals surface area contributed by atoms with Gasteiger partial charge in [-0.15, -0.1) is 0 Å². The van der Waals surface area contributed by atoms with Crippen molar-refractivity contribution in [3.63, 3.8) is 0 Å². The van der Waals surface area contributed by atoms with Gasteiger partial charge in [-0.25, -0.2) is 0 Å². The summed E-state index contributed by atoms with van der Waals surface area (Å²) >= 11 is 0. The number of carbonyl (C=O) groups is 1. The van der Waals surface area contributed by atoms with Crippen molar-refractivity contribution in [2.75, 3.05) is 26.7 Å². The topological polar surface area (TPSA) is 47.3 Å². The lowest BCUT2D eigenvalue weighted by Gasteiger charge is -2.23.